The molecule has 2 aliphatic rings. The molecule has 1 aliphatic heterocycles. The van der Waals surface area contributed by atoms with E-state index >= 15 is 0 Å². The summed E-state index contributed by atoms with van der Waals surface area (Å²) in [6.45, 7) is 12.2. The van der Waals surface area contributed by atoms with E-state index in [4.69, 9.17) is 0 Å². The van der Waals surface area contributed by atoms with Crippen LogP contribution < -0.4 is 4.90 Å². The van der Waals surface area contributed by atoms with Crippen LogP contribution in [0.4, 0.5) is 5.69 Å². The number of benzene rings is 3. The van der Waals surface area contributed by atoms with Gasteiger partial charge in [-0.25, -0.2) is 0 Å². The van der Waals surface area contributed by atoms with Crippen molar-refractivity contribution in [2.24, 2.45) is 5.92 Å². The number of hydrogen-bond acceptors (Lipinski definition) is 2. The number of amides is 1. The lowest BCUT2D eigenvalue weighted by Gasteiger charge is -2.37. The molecule has 1 saturated heterocycles. The van der Waals surface area contributed by atoms with Crippen molar-refractivity contribution in [2.75, 3.05) is 31.1 Å². The smallest absolute Gasteiger partial charge is 0.253 e. The Labute approximate surface area is 210 Å². The number of hydrogen-bond donors (Lipinski definition) is 0. The Morgan fingerprint density at radius 1 is 0.886 bits per heavy atom. The average molecular weight is 467 g/mol. The quantitative estimate of drug-likeness (QED) is 0.436. The van der Waals surface area contributed by atoms with E-state index in [1.54, 1.807) is 0 Å². The summed E-state index contributed by atoms with van der Waals surface area (Å²) in [5, 5.41) is 0. The van der Waals surface area contributed by atoms with Crippen LogP contribution in [0.5, 0.6) is 0 Å². The topological polar surface area (TPSA) is 23.6 Å². The van der Waals surface area contributed by atoms with E-state index in [2.05, 4.69) is 93.3 Å². The third-order valence-corrected chi connectivity index (χ3v) is 7.81. The second-order valence-corrected chi connectivity index (χ2v) is 11.0. The van der Waals surface area contributed by atoms with Gasteiger partial charge < -0.3 is 9.80 Å². The molecule has 1 unspecified atom stereocenters. The molecule has 0 N–H and O–H groups in total. The number of anilines is 1. The van der Waals surface area contributed by atoms with Crippen molar-refractivity contribution in [1.29, 1.82) is 0 Å². The molecule has 3 nitrogen and oxygen atoms in total. The van der Waals surface area contributed by atoms with Crippen molar-refractivity contribution in [3.8, 4) is 0 Å². The molecule has 0 saturated carbocycles. The van der Waals surface area contributed by atoms with Gasteiger partial charge in [0.2, 0.25) is 0 Å². The van der Waals surface area contributed by atoms with E-state index in [1.165, 1.54) is 45.5 Å². The van der Waals surface area contributed by atoms with Gasteiger partial charge in [-0.05, 0) is 91.0 Å². The van der Waals surface area contributed by atoms with Gasteiger partial charge in [0, 0.05) is 37.4 Å². The summed E-state index contributed by atoms with van der Waals surface area (Å²) in [5.74, 6) is 1.34. The summed E-state index contributed by atoms with van der Waals surface area (Å²) in [5.41, 5.74) is 10.4. The van der Waals surface area contributed by atoms with E-state index in [1.807, 2.05) is 4.90 Å². The Balaban J connectivity index is 1.33. The number of rotatable bonds is 4. The van der Waals surface area contributed by atoms with Gasteiger partial charge in [0.25, 0.3) is 5.91 Å². The first-order valence-corrected chi connectivity index (χ1v) is 13.2. The largest absolute Gasteiger partial charge is 0.368 e. The van der Waals surface area contributed by atoms with Crippen molar-refractivity contribution < 1.29 is 4.79 Å². The van der Waals surface area contributed by atoms with Crippen LogP contribution in [0.2, 0.25) is 0 Å². The van der Waals surface area contributed by atoms with Crippen molar-refractivity contribution in [1.82, 2.24) is 4.90 Å². The average Bonchev–Trinajstić information content (AvgIpc) is 2.99. The molecule has 0 spiro atoms. The number of fused-ring (bicyclic) bond motifs is 2. The molecule has 3 aromatic carbocycles. The van der Waals surface area contributed by atoms with Crippen LogP contribution in [0.15, 0.2) is 60.7 Å². The fourth-order valence-corrected chi connectivity index (χ4v) is 6.07. The van der Waals surface area contributed by atoms with Gasteiger partial charge in [-0.1, -0.05) is 61.9 Å². The van der Waals surface area contributed by atoms with Crippen molar-refractivity contribution in [3.63, 3.8) is 0 Å². The summed E-state index contributed by atoms with van der Waals surface area (Å²) in [4.78, 5) is 18.0. The van der Waals surface area contributed by atoms with Crippen LogP contribution in [0.3, 0.4) is 0 Å². The van der Waals surface area contributed by atoms with Crippen LogP contribution in [0.25, 0.3) is 0 Å². The Kier molecular flexibility index (Phi) is 6.69. The molecule has 1 amide bonds. The lowest BCUT2D eigenvalue weighted by molar-refractivity contribution is 0.0746. The molecule has 3 aromatic rings. The maximum Gasteiger partial charge on any atom is 0.253 e. The summed E-state index contributed by atoms with van der Waals surface area (Å²) in [6, 6.07) is 22.1. The third kappa shape index (κ3) is 5.00. The number of carbonyl (C=O) groups is 1. The first kappa shape index (κ1) is 23.7. The van der Waals surface area contributed by atoms with Crippen LogP contribution in [0.1, 0.15) is 69.9 Å². The highest BCUT2D eigenvalue weighted by atomic mass is 16.2. The summed E-state index contributed by atoms with van der Waals surface area (Å²) >= 11 is 0. The summed E-state index contributed by atoms with van der Waals surface area (Å²) in [6.07, 6.45) is 3.16. The van der Waals surface area contributed by atoms with E-state index < -0.39 is 0 Å². The first-order chi connectivity index (χ1) is 16.9. The molecule has 3 heteroatoms. The minimum atomic E-state index is 0.176. The molecule has 35 heavy (non-hydrogen) atoms. The highest BCUT2D eigenvalue weighted by Gasteiger charge is 2.26. The fourth-order valence-electron chi connectivity index (χ4n) is 6.07. The van der Waals surface area contributed by atoms with Crippen LogP contribution >= 0.6 is 0 Å². The van der Waals surface area contributed by atoms with Gasteiger partial charge in [-0.3, -0.25) is 4.79 Å². The van der Waals surface area contributed by atoms with Gasteiger partial charge in [0.15, 0.2) is 0 Å². The maximum absolute atomic E-state index is 13.5. The fraction of sp³-hybridized carbons (Fsp3) is 0.406. The molecule has 182 valence electrons. The second kappa shape index (κ2) is 9.89. The van der Waals surface area contributed by atoms with Crippen molar-refractivity contribution in [2.45, 2.75) is 52.9 Å². The van der Waals surface area contributed by atoms with E-state index in [-0.39, 0.29) is 5.91 Å². The van der Waals surface area contributed by atoms with Gasteiger partial charge in [0.05, 0.1) is 0 Å². The SMILES string of the molecule is Cc1ccc(N2CCN(C(=O)c3ccc4c(c3)CC(CC(C)C)c3ccccc3C4)CC2)c(C)c1. The van der Waals surface area contributed by atoms with Crippen LogP contribution in [-0.4, -0.2) is 37.0 Å². The second-order valence-electron chi connectivity index (χ2n) is 11.0. The Morgan fingerprint density at radius 2 is 1.66 bits per heavy atom. The van der Waals surface area contributed by atoms with E-state index in [9.17, 15) is 4.79 Å². The summed E-state index contributed by atoms with van der Waals surface area (Å²) in [7, 11) is 0. The Hall–Kier alpha value is -3.07. The van der Waals surface area contributed by atoms with E-state index in [0.717, 1.165) is 44.6 Å². The molecule has 1 atom stereocenters. The van der Waals surface area contributed by atoms with Crippen LogP contribution in [0, 0.1) is 19.8 Å². The molecule has 1 aliphatic carbocycles. The lowest BCUT2D eigenvalue weighted by Crippen LogP contribution is -2.49. The van der Waals surface area contributed by atoms with Gasteiger partial charge in [-0.2, -0.15) is 0 Å². The van der Waals surface area contributed by atoms with Gasteiger partial charge in [0.1, 0.15) is 0 Å². The Morgan fingerprint density at radius 3 is 2.40 bits per heavy atom. The van der Waals surface area contributed by atoms with Crippen molar-refractivity contribution in [3.05, 3.63) is 99.6 Å². The number of nitrogens with zero attached hydrogens (tertiary/aromatic N) is 2. The Bertz CT molecular complexity index is 1220. The number of carbonyl (C=O) groups excluding carboxylic acids is 1. The molecule has 1 fully saturated rings. The molecular formula is C32H38N2O. The molecule has 0 radical (unpaired) electrons. The highest BCUT2D eigenvalue weighted by molar-refractivity contribution is 5.94. The minimum Gasteiger partial charge on any atom is -0.368 e. The number of aryl methyl sites for hydroxylation is 2. The third-order valence-electron chi connectivity index (χ3n) is 7.81. The van der Waals surface area contributed by atoms with Crippen LogP contribution in [-0.2, 0) is 12.8 Å². The zero-order valence-electron chi connectivity index (χ0n) is 21.7. The maximum atomic E-state index is 13.5. The lowest BCUT2D eigenvalue weighted by atomic mass is 9.85. The van der Waals surface area contributed by atoms with Crippen molar-refractivity contribution >= 4 is 11.6 Å². The predicted octanol–water partition coefficient (Wildman–Crippen LogP) is 6.54. The molecule has 1 heterocycles. The monoisotopic (exact) mass is 466 g/mol. The predicted molar refractivity (Wildman–Crippen MR) is 146 cm³/mol. The van der Waals surface area contributed by atoms with Gasteiger partial charge >= 0.3 is 0 Å². The van der Waals surface area contributed by atoms with Gasteiger partial charge in [-0.15, -0.1) is 0 Å². The minimum absolute atomic E-state index is 0.176. The molecule has 5 rings (SSSR count). The number of piperazine rings is 1. The normalized spacial score (nSPS) is 17.7. The summed E-state index contributed by atoms with van der Waals surface area (Å²) < 4.78 is 0. The molecule has 0 bridgehead atoms. The van der Waals surface area contributed by atoms with E-state index in [0.29, 0.717) is 11.8 Å². The highest BCUT2D eigenvalue weighted by Crippen LogP contribution is 2.36. The zero-order chi connectivity index (χ0) is 24.5. The zero-order valence-corrected chi connectivity index (χ0v) is 21.7. The molecule has 0 aromatic heterocycles. The molecular weight excluding hydrogens is 428 g/mol. The first-order valence-electron chi connectivity index (χ1n) is 13.2. The standard InChI is InChI=1S/C32H38N2O/c1-22(2)17-29-21-28-20-27(11-10-25(28)19-26-7-5-6-8-30(26)29)32(35)34-15-13-33(14-16-34)31-12-9-23(3)18-24(31)4/h5-12,18,20,22,29H,13-17,19,21H2,1-4H3.